The van der Waals surface area contributed by atoms with Gasteiger partial charge in [0.05, 0.1) is 16.3 Å². The number of hydrogen-bond acceptors (Lipinski definition) is 4. The topological polar surface area (TPSA) is 89.3 Å². The van der Waals surface area contributed by atoms with Gasteiger partial charge >= 0.3 is 0 Å². The molecule has 18 heavy (non-hydrogen) atoms. The molecule has 0 aliphatic rings. The molecule has 100 valence electrons. The number of carbonyl (C=O) groups is 1. The molecule has 0 saturated carbocycles. The maximum Gasteiger partial charge on any atom is 0.219 e. The Bertz CT molecular complexity index is 543. The molecule has 1 amide bonds. The molecule has 1 aromatic rings. The lowest BCUT2D eigenvalue weighted by atomic mass is 10.3. The van der Waals surface area contributed by atoms with Gasteiger partial charge < -0.3 is 11.1 Å². The molecule has 0 aliphatic heterocycles. The lowest BCUT2D eigenvalue weighted by Gasteiger charge is -2.07. The van der Waals surface area contributed by atoms with Gasteiger partial charge in [-0.2, -0.15) is 0 Å². The summed E-state index contributed by atoms with van der Waals surface area (Å²) in [6, 6.07) is 3.15. The van der Waals surface area contributed by atoms with E-state index in [1.54, 1.807) is 0 Å². The molecule has 1 aromatic carbocycles. The number of carbonyl (C=O) groups excluding carboxylic acids is 1. The summed E-state index contributed by atoms with van der Waals surface area (Å²) in [5.74, 6) is -1.01. The molecule has 0 fully saturated rings. The standard InChI is InChI=1S/C11H15FN2O3S/c1-14-11(15)3-2-6-18(16,17)10-5-4-8(12)7-9(10)13/h4-5,7H,2-3,6,13H2,1H3,(H,14,15). The maximum absolute atomic E-state index is 12.8. The molecule has 0 radical (unpaired) electrons. The van der Waals surface area contributed by atoms with Crippen LogP contribution in [0.3, 0.4) is 0 Å². The fraction of sp³-hybridized carbons (Fsp3) is 0.364. The molecule has 0 heterocycles. The zero-order chi connectivity index (χ0) is 13.8. The Morgan fingerprint density at radius 1 is 1.44 bits per heavy atom. The highest BCUT2D eigenvalue weighted by molar-refractivity contribution is 7.91. The van der Waals surface area contributed by atoms with E-state index in [1.807, 2.05) is 0 Å². The third kappa shape index (κ3) is 3.69. The SMILES string of the molecule is CNC(=O)CCCS(=O)(=O)c1ccc(F)cc1N. The number of sulfone groups is 1. The van der Waals surface area contributed by atoms with Crippen LogP contribution in [0.1, 0.15) is 12.8 Å². The van der Waals surface area contributed by atoms with Crippen LogP contribution in [0.2, 0.25) is 0 Å². The number of hydrogen-bond donors (Lipinski definition) is 2. The predicted molar refractivity (Wildman–Crippen MR) is 66.2 cm³/mol. The first kappa shape index (κ1) is 14.4. The van der Waals surface area contributed by atoms with Gasteiger partial charge in [0.15, 0.2) is 9.84 Å². The summed E-state index contributed by atoms with van der Waals surface area (Å²) in [6.45, 7) is 0. The van der Waals surface area contributed by atoms with Crippen molar-refractivity contribution in [1.29, 1.82) is 0 Å². The minimum atomic E-state index is -3.58. The van der Waals surface area contributed by atoms with E-state index in [0.717, 1.165) is 18.2 Å². The number of rotatable bonds is 5. The molecular weight excluding hydrogens is 259 g/mol. The summed E-state index contributed by atoms with van der Waals surface area (Å²) in [4.78, 5) is 10.9. The number of anilines is 1. The monoisotopic (exact) mass is 274 g/mol. The van der Waals surface area contributed by atoms with Crippen molar-refractivity contribution in [3.8, 4) is 0 Å². The molecule has 0 atom stereocenters. The third-order valence-electron chi connectivity index (χ3n) is 2.40. The first-order chi connectivity index (χ1) is 8.36. The smallest absolute Gasteiger partial charge is 0.219 e. The molecule has 5 nitrogen and oxygen atoms in total. The van der Waals surface area contributed by atoms with Crippen molar-refractivity contribution in [1.82, 2.24) is 5.32 Å². The highest BCUT2D eigenvalue weighted by Crippen LogP contribution is 2.21. The van der Waals surface area contributed by atoms with Crippen molar-refractivity contribution in [3.05, 3.63) is 24.0 Å². The van der Waals surface area contributed by atoms with Crippen molar-refractivity contribution in [2.75, 3.05) is 18.5 Å². The first-order valence-corrected chi connectivity index (χ1v) is 7.00. The second kappa shape index (κ2) is 5.81. The number of halogens is 1. The molecule has 0 aromatic heterocycles. The fourth-order valence-corrected chi connectivity index (χ4v) is 2.90. The number of nitrogen functional groups attached to an aromatic ring is 1. The fourth-order valence-electron chi connectivity index (χ4n) is 1.46. The second-order valence-electron chi connectivity index (χ2n) is 3.78. The maximum atomic E-state index is 12.8. The van der Waals surface area contributed by atoms with E-state index in [4.69, 9.17) is 5.73 Å². The largest absolute Gasteiger partial charge is 0.398 e. The number of nitrogens with one attached hydrogen (secondary N) is 1. The van der Waals surface area contributed by atoms with Crippen LogP contribution < -0.4 is 11.1 Å². The zero-order valence-electron chi connectivity index (χ0n) is 9.94. The van der Waals surface area contributed by atoms with E-state index in [9.17, 15) is 17.6 Å². The van der Waals surface area contributed by atoms with Crippen LogP contribution in [0.25, 0.3) is 0 Å². The molecule has 7 heteroatoms. The van der Waals surface area contributed by atoms with Crippen LogP contribution in [0.4, 0.5) is 10.1 Å². The first-order valence-electron chi connectivity index (χ1n) is 5.35. The van der Waals surface area contributed by atoms with Crippen LogP contribution >= 0.6 is 0 Å². The van der Waals surface area contributed by atoms with E-state index >= 15 is 0 Å². The Hall–Kier alpha value is -1.63. The van der Waals surface area contributed by atoms with E-state index < -0.39 is 15.7 Å². The highest BCUT2D eigenvalue weighted by atomic mass is 32.2. The molecule has 0 bridgehead atoms. The van der Waals surface area contributed by atoms with E-state index in [-0.39, 0.29) is 35.1 Å². The van der Waals surface area contributed by atoms with Gasteiger partial charge in [-0.05, 0) is 24.6 Å². The van der Waals surface area contributed by atoms with Crippen LogP contribution in [0.15, 0.2) is 23.1 Å². The summed E-state index contributed by atoms with van der Waals surface area (Å²) in [6.07, 6.45) is 0.315. The lowest BCUT2D eigenvalue weighted by Crippen LogP contribution is -2.19. The number of benzene rings is 1. The second-order valence-corrected chi connectivity index (χ2v) is 5.86. The van der Waals surface area contributed by atoms with Gasteiger partial charge in [-0.1, -0.05) is 0 Å². The van der Waals surface area contributed by atoms with Crippen LogP contribution in [0, 0.1) is 5.82 Å². The molecule has 1 rings (SSSR count). The van der Waals surface area contributed by atoms with Gasteiger partial charge in [0.1, 0.15) is 5.82 Å². The summed E-state index contributed by atoms with van der Waals surface area (Å²) in [7, 11) is -2.10. The minimum absolute atomic E-state index is 0.0965. The summed E-state index contributed by atoms with van der Waals surface area (Å²) < 4.78 is 36.6. The average molecular weight is 274 g/mol. The molecule has 0 aliphatic carbocycles. The van der Waals surface area contributed by atoms with Gasteiger partial charge in [-0.25, -0.2) is 12.8 Å². The van der Waals surface area contributed by atoms with E-state index in [0.29, 0.717) is 0 Å². The Balaban J connectivity index is 2.77. The van der Waals surface area contributed by atoms with Crippen molar-refractivity contribution in [2.45, 2.75) is 17.7 Å². The highest BCUT2D eigenvalue weighted by Gasteiger charge is 2.18. The molecule has 0 spiro atoms. The van der Waals surface area contributed by atoms with Crippen molar-refractivity contribution >= 4 is 21.4 Å². The number of amides is 1. The third-order valence-corrected chi connectivity index (χ3v) is 4.27. The molecular formula is C11H15FN2O3S. The Morgan fingerprint density at radius 2 is 2.11 bits per heavy atom. The Kier molecular flexibility index (Phi) is 4.66. The van der Waals surface area contributed by atoms with Crippen LogP contribution in [-0.2, 0) is 14.6 Å². The Morgan fingerprint density at radius 3 is 2.67 bits per heavy atom. The minimum Gasteiger partial charge on any atom is -0.398 e. The lowest BCUT2D eigenvalue weighted by molar-refractivity contribution is -0.120. The zero-order valence-corrected chi connectivity index (χ0v) is 10.8. The predicted octanol–water partition coefficient (Wildman–Crippen LogP) is 0.708. The summed E-state index contributed by atoms with van der Waals surface area (Å²) in [5, 5.41) is 2.40. The van der Waals surface area contributed by atoms with Crippen molar-refractivity contribution in [3.63, 3.8) is 0 Å². The molecule has 0 saturated heterocycles. The summed E-state index contributed by atoms with van der Waals surface area (Å²) in [5.41, 5.74) is 5.35. The van der Waals surface area contributed by atoms with Crippen molar-refractivity contribution < 1.29 is 17.6 Å². The number of nitrogens with two attached hydrogens (primary N) is 1. The van der Waals surface area contributed by atoms with Gasteiger partial charge in [0.2, 0.25) is 5.91 Å². The molecule has 3 N–H and O–H groups in total. The quantitative estimate of drug-likeness (QED) is 0.611. The van der Waals surface area contributed by atoms with Gasteiger partial charge in [0, 0.05) is 13.5 Å². The molecule has 0 unspecified atom stereocenters. The summed E-state index contributed by atoms with van der Waals surface area (Å²) >= 11 is 0. The van der Waals surface area contributed by atoms with Gasteiger partial charge in [-0.15, -0.1) is 0 Å². The average Bonchev–Trinajstić information content (AvgIpc) is 2.27. The van der Waals surface area contributed by atoms with Crippen molar-refractivity contribution in [2.24, 2.45) is 0 Å². The van der Waals surface area contributed by atoms with Gasteiger partial charge in [0.25, 0.3) is 0 Å². The van der Waals surface area contributed by atoms with Gasteiger partial charge in [-0.3, -0.25) is 4.79 Å². The Labute approximate surface area is 105 Å². The van der Waals surface area contributed by atoms with E-state index in [1.165, 1.54) is 7.05 Å². The van der Waals surface area contributed by atoms with Crippen LogP contribution in [0.5, 0.6) is 0 Å². The van der Waals surface area contributed by atoms with E-state index in [2.05, 4.69) is 5.32 Å². The normalized spacial score (nSPS) is 11.2. The van der Waals surface area contributed by atoms with Crippen LogP contribution in [-0.4, -0.2) is 27.1 Å².